The Kier molecular flexibility index (Phi) is 7.16. The molecule has 2 aromatic rings. The second kappa shape index (κ2) is 9.69. The summed E-state index contributed by atoms with van der Waals surface area (Å²) in [6, 6.07) is 10.1. The molecule has 2 heterocycles. The number of rotatable bonds is 6. The van der Waals surface area contributed by atoms with Crippen LogP contribution in [0, 0.1) is 0 Å². The summed E-state index contributed by atoms with van der Waals surface area (Å²) in [5, 5.41) is 31.3. The van der Waals surface area contributed by atoms with E-state index in [-0.39, 0.29) is 13.0 Å². The van der Waals surface area contributed by atoms with Crippen molar-refractivity contribution < 1.29 is 24.8 Å². The molecule has 0 aromatic heterocycles. The molecule has 0 amide bonds. The third-order valence-corrected chi connectivity index (χ3v) is 7.71. The highest BCUT2D eigenvalue weighted by Gasteiger charge is 2.39. The molecule has 31 heavy (non-hydrogen) atoms. The molecular weight excluding hydrogens is 436 g/mol. The van der Waals surface area contributed by atoms with E-state index >= 15 is 0 Å². The van der Waals surface area contributed by atoms with Crippen molar-refractivity contribution >= 4 is 23.4 Å². The van der Waals surface area contributed by atoms with E-state index < -0.39 is 24.4 Å². The molecule has 7 heteroatoms. The lowest BCUT2D eigenvalue weighted by Crippen LogP contribution is -2.47. The Morgan fingerprint density at radius 3 is 2.65 bits per heavy atom. The topological polar surface area (TPSA) is 79.2 Å². The van der Waals surface area contributed by atoms with Gasteiger partial charge < -0.3 is 24.8 Å². The van der Waals surface area contributed by atoms with Crippen LogP contribution in [-0.2, 0) is 17.6 Å². The van der Waals surface area contributed by atoms with Crippen LogP contribution in [0.25, 0.3) is 0 Å². The lowest BCUT2D eigenvalue weighted by atomic mass is 9.90. The van der Waals surface area contributed by atoms with Crippen LogP contribution in [0.2, 0.25) is 5.02 Å². The van der Waals surface area contributed by atoms with Gasteiger partial charge in [-0.1, -0.05) is 36.7 Å². The number of ether oxygens (including phenoxy) is 2. The number of hydrogen-bond donors (Lipinski definition) is 3. The summed E-state index contributed by atoms with van der Waals surface area (Å²) >= 11 is 8.63. The van der Waals surface area contributed by atoms with Gasteiger partial charge in [0.2, 0.25) is 0 Å². The second-order valence-corrected chi connectivity index (χ2v) is 10.1. The smallest absolute Gasteiger partial charge is 0.119 e. The summed E-state index contributed by atoms with van der Waals surface area (Å²) < 4.78 is 11.6. The van der Waals surface area contributed by atoms with Crippen LogP contribution in [0.1, 0.15) is 48.6 Å². The third kappa shape index (κ3) is 4.75. The first-order valence-corrected chi connectivity index (χ1v) is 12.0. The van der Waals surface area contributed by atoms with Crippen LogP contribution >= 0.6 is 23.4 Å². The van der Waals surface area contributed by atoms with Gasteiger partial charge in [0.1, 0.15) is 18.0 Å². The zero-order chi connectivity index (χ0) is 22.1. The number of thioether (sulfide) groups is 1. The standard InChI is InChI=1S/C24H29ClO5S/c1-3-29-16-6-4-14(5-7-16)9-15-10-17(24-18(22(15)25)8-13(2)31-24)20-11-19(27)23(28)21(12-26)30-20/h4-7,10,13,19-21,23,26-28H,3,8-9,11-12H2,1-2H3/t13?,19?,20?,21?,23-/m0/s1. The summed E-state index contributed by atoms with van der Waals surface area (Å²) in [6.07, 6.45) is -1.41. The van der Waals surface area contributed by atoms with Gasteiger partial charge in [-0.15, -0.1) is 11.8 Å². The highest BCUT2D eigenvalue weighted by Crippen LogP contribution is 2.48. The number of hydrogen-bond acceptors (Lipinski definition) is 6. The van der Waals surface area contributed by atoms with Gasteiger partial charge in [0.25, 0.3) is 0 Å². The van der Waals surface area contributed by atoms with Gasteiger partial charge in [-0.05, 0) is 54.2 Å². The maximum Gasteiger partial charge on any atom is 0.119 e. The summed E-state index contributed by atoms with van der Waals surface area (Å²) in [6.45, 7) is 4.43. The minimum Gasteiger partial charge on any atom is -0.494 e. The van der Waals surface area contributed by atoms with E-state index in [1.54, 1.807) is 11.8 Å². The lowest BCUT2D eigenvalue weighted by Gasteiger charge is -2.37. The molecule has 1 fully saturated rings. The van der Waals surface area contributed by atoms with Gasteiger partial charge in [-0.25, -0.2) is 0 Å². The molecule has 2 aliphatic rings. The maximum absolute atomic E-state index is 10.4. The van der Waals surface area contributed by atoms with Gasteiger partial charge in [-0.2, -0.15) is 0 Å². The van der Waals surface area contributed by atoms with Gasteiger partial charge in [-0.3, -0.25) is 0 Å². The summed E-state index contributed by atoms with van der Waals surface area (Å²) in [5.74, 6) is 0.843. The van der Waals surface area contributed by atoms with Crippen molar-refractivity contribution in [3.05, 3.63) is 57.6 Å². The minimum absolute atomic E-state index is 0.281. The number of aliphatic hydroxyl groups is 3. The van der Waals surface area contributed by atoms with Crippen molar-refractivity contribution in [1.82, 2.24) is 0 Å². The van der Waals surface area contributed by atoms with Crippen LogP contribution in [-0.4, -0.2) is 52.1 Å². The maximum atomic E-state index is 10.4. The molecule has 0 saturated carbocycles. The summed E-state index contributed by atoms with van der Waals surface area (Å²) in [4.78, 5) is 1.11. The van der Waals surface area contributed by atoms with E-state index in [4.69, 9.17) is 21.1 Å². The average Bonchev–Trinajstić information content (AvgIpc) is 3.15. The molecule has 3 N–H and O–H groups in total. The fourth-order valence-electron chi connectivity index (χ4n) is 4.40. The predicted molar refractivity (Wildman–Crippen MR) is 122 cm³/mol. The molecule has 0 spiro atoms. The molecule has 4 unspecified atom stereocenters. The first-order chi connectivity index (χ1) is 14.9. The minimum atomic E-state index is -1.09. The first kappa shape index (κ1) is 22.9. The van der Waals surface area contributed by atoms with Crippen LogP contribution in [0.15, 0.2) is 35.2 Å². The van der Waals surface area contributed by atoms with Gasteiger partial charge >= 0.3 is 0 Å². The number of benzene rings is 2. The van der Waals surface area contributed by atoms with Crippen LogP contribution < -0.4 is 4.74 Å². The first-order valence-electron chi connectivity index (χ1n) is 10.8. The zero-order valence-electron chi connectivity index (χ0n) is 17.8. The van der Waals surface area contributed by atoms with E-state index in [9.17, 15) is 15.3 Å². The lowest BCUT2D eigenvalue weighted by molar-refractivity contribution is -0.182. The van der Waals surface area contributed by atoms with Crippen molar-refractivity contribution in [3.63, 3.8) is 0 Å². The highest BCUT2D eigenvalue weighted by atomic mass is 35.5. The Morgan fingerprint density at radius 2 is 1.97 bits per heavy atom. The number of halogens is 1. The molecule has 2 aliphatic heterocycles. The van der Waals surface area contributed by atoms with Crippen LogP contribution in [0.5, 0.6) is 5.75 Å². The van der Waals surface area contributed by atoms with Crippen molar-refractivity contribution in [2.45, 2.75) is 67.7 Å². The van der Waals surface area contributed by atoms with Gasteiger partial charge in [0.15, 0.2) is 0 Å². The van der Waals surface area contributed by atoms with E-state index in [1.165, 1.54) is 0 Å². The third-order valence-electron chi connectivity index (χ3n) is 5.95. The Morgan fingerprint density at radius 1 is 1.23 bits per heavy atom. The van der Waals surface area contributed by atoms with E-state index in [2.05, 4.69) is 13.0 Å². The molecule has 5 nitrogen and oxygen atoms in total. The Balaban J connectivity index is 1.68. The zero-order valence-corrected chi connectivity index (χ0v) is 19.3. The Hall–Kier alpha value is -1.28. The average molecular weight is 465 g/mol. The van der Waals surface area contributed by atoms with Gasteiger partial charge in [0, 0.05) is 21.6 Å². The Labute approximate surface area is 192 Å². The summed E-state index contributed by atoms with van der Waals surface area (Å²) in [5.41, 5.74) is 4.25. The molecule has 0 radical (unpaired) electrons. The summed E-state index contributed by atoms with van der Waals surface area (Å²) in [7, 11) is 0. The molecule has 2 aromatic carbocycles. The predicted octanol–water partition coefficient (Wildman–Crippen LogP) is 3.91. The molecule has 5 atom stereocenters. The van der Waals surface area contributed by atoms with E-state index in [0.29, 0.717) is 18.3 Å². The highest BCUT2D eigenvalue weighted by molar-refractivity contribution is 8.00. The molecule has 1 saturated heterocycles. The number of fused-ring (bicyclic) bond motifs is 1. The van der Waals surface area contributed by atoms with E-state index in [1.807, 2.05) is 31.2 Å². The normalized spacial score (nSPS) is 27.9. The van der Waals surface area contributed by atoms with E-state index in [0.717, 1.165) is 44.3 Å². The van der Waals surface area contributed by atoms with Crippen molar-refractivity contribution in [1.29, 1.82) is 0 Å². The van der Waals surface area contributed by atoms with Gasteiger partial charge in [0.05, 0.1) is 25.4 Å². The Bertz CT molecular complexity index is 919. The quantitative estimate of drug-likeness (QED) is 0.601. The SMILES string of the molecule is CCOc1ccc(Cc2cc(C3CC(O)[C@H](O)C(CO)O3)c3c(c2Cl)CC(C)S3)cc1. The largest absolute Gasteiger partial charge is 0.494 e. The monoisotopic (exact) mass is 464 g/mol. The second-order valence-electron chi connectivity index (χ2n) is 8.27. The van der Waals surface area contributed by atoms with Crippen molar-refractivity contribution in [2.24, 2.45) is 0 Å². The molecule has 168 valence electrons. The molecule has 4 rings (SSSR count). The van der Waals surface area contributed by atoms with Crippen LogP contribution in [0.3, 0.4) is 0 Å². The molecule has 0 aliphatic carbocycles. The van der Waals surface area contributed by atoms with Crippen LogP contribution in [0.4, 0.5) is 0 Å². The van der Waals surface area contributed by atoms with Crippen molar-refractivity contribution in [2.75, 3.05) is 13.2 Å². The number of aliphatic hydroxyl groups excluding tert-OH is 3. The molecular formula is C24H29ClO5S. The van der Waals surface area contributed by atoms with Crippen molar-refractivity contribution in [3.8, 4) is 5.75 Å². The molecule has 0 bridgehead atoms. The fourth-order valence-corrected chi connectivity index (χ4v) is 6.05. The fraction of sp³-hybridized carbons (Fsp3) is 0.500.